The summed E-state index contributed by atoms with van der Waals surface area (Å²) in [7, 11) is 0. The standard InChI is InChI=1S/C60H65BN2/c1-56(2)23-25-58(5,6)46-32-53-48(30-44(46)56)61-49-31-45-47(59(7,8)26-24-57(45,3)4)33-54(49)63(50-16-11-14-40-13-9-10-15-43(40)50)52-18-12-17-51(55(52)61)62(53)42-21-19-41(20-22-42)60-34-37-27-38(35-60)29-39(28-37)36-60/h9-22,30-33,37-39H,23-29,34-36H2,1-8H3. The quantitative estimate of drug-likeness (QED) is 0.164. The lowest BCUT2D eigenvalue weighted by molar-refractivity contribution is -0.00518. The predicted octanol–water partition coefficient (Wildman–Crippen LogP) is 14.1. The molecule has 0 N–H and O–H groups in total. The molecular formula is C60H65BN2. The van der Waals surface area contributed by atoms with Crippen LogP contribution in [0, 0.1) is 17.8 Å². The Labute approximate surface area is 377 Å². The third-order valence-corrected chi connectivity index (χ3v) is 18.7. The second-order valence-corrected chi connectivity index (χ2v) is 24.5. The van der Waals surface area contributed by atoms with E-state index in [1.165, 1.54) is 137 Å². The van der Waals surface area contributed by atoms with Crippen LogP contribution >= 0.6 is 0 Å². The molecule has 2 heterocycles. The number of rotatable bonds is 3. The van der Waals surface area contributed by atoms with Crippen molar-refractivity contribution in [2.45, 2.75) is 147 Å². The summed E-state index contributed by atoms with van der Waals surface area (Å²) in [5.74, 6) is 2.81. The van der Waals surface area contributed by atoms with Gasteiger partial charge in [0.25, 0.3) is 6.71 Å². The summed E-state index contributed by atoms with van der Waals surface area (Å²) in [6, 6.07) is 44.1. The van der Waals surface area contributed by atoms with Gasteiger partial charge in [-0.25, -0.2) is 0 Å². The average Bonchev–Trinajstić information content (AvgIpc) is 3.25. The summed E-state index contributed by atoms with van der Waals surface area (Å²) in [4.78, 5) is 5.37. The highest BCUT2D eigenvalue weighted by molar-refractivity contribution is 7.00. The maximum absolute atomic E-state index is 2.72. The van der Waals surface area contributed by atoms with Gasteiger partial charge in [0.15, 0.2) is 0 Å². The number of hydrogen-bond acceptors (Lipinski definition) is 2. The highest BCUT2D eigenvalue weighted by Crippen LogP contribution is 2.61. The minimum Gasteiger partial charge on any atom is -0.311 e. The Morgan fingerprint density at radius 1 is 0.444 bits per heavy atom. The van der Waals surface area contributed by atoms with E-state index in [0.717, 1.165) is 17.8 Å². The molecular weight excluding hydrogens is 759 g/mol. The molecule has 14 rings (SSSR count). The van der Waals surface area contributed by atoms with Crippen molar-refractivity contribution in [2.24, 2.45) is 17.8 Å². The molecule has 318 valence electrons. The first-order chi connectivity index (χ1) is 30.1. The number of anilines is 6. The molecule has 63 heavy (non-hydrogen) atoms. The van der Waals surface area contributed by atoms with Crippen LogP contribution in [-0.4, -0.2) is 6.71 Å². The van der Waals surface area contributed by atoms with Gasteiger partial charge in [-0.1, -0.05) is 122 Å². The van der Waals surface area contributed by atoms with Crippen LogP contribution in [0.5, 0.6) is 0 Å². The van der Waals surface area contributed by atoms with E-state index in [0.29, 0.717) is 5.41 Å². The van der Waals surface area contributed by atoms with E-state index in [-0.39, 0.29) is 28.4 Å². The number of nitrogens with zero attached hydrogens (tertiary/aromatic N) is 2. The van der Waals surface area contributed by atoms with E-state index in [1.54, 1.807) is 16.7 Å². The lowest BCUT2D eigenvalue weighted by atomic mass is 9.32. The molecule has 2 aliphatic heterocycles. The Balaban J connectivity index is 1.09. The smallest absolute Gasteiger partial charge is 0.252 e. The molecule has 0 saturated heterocycles. The van der Waals surface area contributed by atoms with Gasteiger partial charge < -0.3 is 9.80 Å². The molecule has 8 aliphatic rings. The van der Waals surface area contributed by atoms with Crippen LogP contribution in [0.25, 0.3) is 10.8 Å². The minimum absolute atomic E-state index is 0.0880. The summed E-state index contributed by atoms with van der Waals surface area (Å²) in [6.45, 7) is 20.1. The van der Waals surface area contributed by atoms with E-state index in [2.05, 4.69) is 174 Å². The Morgan fingerprint density at radius 2 is 0.889 bits per heavy atom. The molecule has 6 aliphatic carbocycles. The summed E-state index contributed by atoms with van der Waals surface area (Å²) in [5, 5.41) is 2.58. The fourth-order valence-corrected chi connectivity index (χ4v) is 15.4. The second-order valence-electron chi connectivity index (χ2n) is 24.5. The van der Waals surface area contributed by atoms with Crippen molar-refractivity contribution in [2.75, 3.05) is 9.80 Å². The normalized spacial score (nSPS) is 27.0. The molecule has 0 radical (unpaired) electrons. The SMILES string of the molecule is CC1(C)CCC(C)(C)c2cc3c(cc21)B1c2cc4c(cc2N(c2cccc5ccccc25)c2cccc(c21)N3c1ccc(C23CC5CC(CC(C5)C2)C3)cc1)C(C)(C)CCC4(C)C. The van der Waals surface area contributed by atoms with Crippen molar-refractivity contribution < 1.29 is 0 Å². The average molecular weight is 825 g/mol. The molecule has 0 unspecified atom stereocenters. The second kappa shape index (κ2) is 12.7. The number of fused-ring (bicyclic) bond motifs is 7. The third-order valence-electron chi connectivity index (χ3n) is 18.7. The van der Waals surface area contributed by atoms with Gasteiger partial charge in [0.05, 0.1) is 5.69 Å². The van der Waals surface area contributed by atoms with E-state index in [9.17, 15) is 0 Å². The molecule has 0 spiro atoms. The van der Waals surface area contributed by atoms with Gasteiger partial charge in [-0.3, -0.25) is 0 Å². The Bertz CT molecular complexity index is 2870. The zero-order valence-corrected chi connectivity index (χ0v) is 39.2. The molecule has 4 saturated carbocycles. The van der Waals surface area contributed by atoms with Gasteiger partial charge in [0.1, 0.15) is 0 Å². The van der Waals surface area contributed by atoms with Crippen molar-refractivity contribution in [3.05, 3.63) is 137 Å². The van der Waals surface area contributed by atoms with Gasteiger partial charge in [0, 0.05) is 33.8 Å². The fraction of sp³-hybridized carbons (Fsp3) is 0.433. The maximum atomic E-state index is 2.72. The molecule has 3 heteroatoms. The van der Waals surface area contributed by atoms with Crippen molar-refractivity contribution in [3.8, 4) is 0 Å². The van der Waals surface area contributed by atoms with E-state index in [4.69, 9.17) is 0 Å². The first kappa shape index (κ1) is 38.7. The summed E-state index contributed by atoms with van der Waals surface area (Å²) >= 11 is 0. The summed E-state index contributed by atoms with van der Waals surface area (Å²) < 4.78 is 0. The van der Waals surface area contributed by atoms with Gasteiger partial charge >= 0.3 is 0 Å². The zero-order chi connectivity index (χ0) is 43.0. The molecule has 0 aromatic heterocycles. The largest absolute Gasteiger partial charge is 0.311 e. The van der Waals surface area contributed by atoms with E-state index < -0.39 is 0 Å². The molecule has 0 atom stereocenters. The summed E-state index contributed by atoms with van der Waals surface area (Å²) in [6.07, 6.45) is 13.5. The van der Waals surface area contributed by atoms with Gasteiger partial charge in [-0.15, -0.1) is 0 Å². The van der Waals surface area contributed by atoms with Gasteiger partial charge in [-0.05, 0) is 201 Å². The van der Waals surface area contributed by atoms with Crippen LogP contribution < -0.4 is 26.2 Å². The zero-order valence-electron chi connectivity index (χ0n) is 39.2. The van der Waals surface area contributed by atoms with Crippen LogP contribution in [0.3, 0.4) is 0 Å². The van der Waals surface area contributed by atoms with Crippen molar-refractivity contribution in [1.82, 2.24) is 0 Å². The van der Waals surface area contributed by atoms with Crippen molar-refractivity contribution >= 4 is 68.0 Å². The van der Waals surface area contributed by atoms with Crippen LogP contribution in [0.15, 0.2) is 109 Å². The molecule has 0 amide bonds. The lowest BCUT2D eigenvalue weighted by Crippen LogP contribution is -2.62. The summed E-state index contributed by atoms with van der Waals surface area (Å²) in [5.41, 5.74) is 20.8. The van der Waals surface area contributed by atoms with E-state index in [1.807, 2.05) is 0 Å². The predicted molar refractivity (Wildman–Crippen MR) is 268 cm³/mol. The highest BCUT2D eigenvalue weighted by Gasteiger charge is 2.52. The van der Waals surface area contributed by atoms with Crippen LogP contribution in [0.1, 0.15) is 147 Å². The van der Waals surface area contributed by atoms with Crippen LogP contribution in [-0.2, 0) is 27.1 Å². The molecule has 2 nitrogen and oxygen atoms in total. The Hall–Kier alpha value is -4.76. The number of hydrogen-bond donors (Lipinski definition) is 0. The molecule has 4 fully saturated rings. The Morgan fingerprint density at radius 3 is 1.44 bits per heavy atom. The lowest BCUT2D eigenvalue weighted by Gasteiger charge is -2.57. The van der Waals surface area contributed by atoms with Crippen molar-refractivity contribution in [3.63, 3.8) is 0 Å². The van der Waals surface area contributed by atoms with Gasteiger partial charge in [0.2, 0.25) is 0 Å². The minimum atomic E-state index is 0.0880. The fourth-order valence-electron chi connectivity index (χ4n) is 15.4. The molecule has 6 aromatic rings. The van der Waals surface area contributed by atoms with Crippen molar-refractivity contribution in [1.29, 1.82) is 0 Å². The topological polar surface area (TPSA) is 6.48 Å². The molecule has 6 aromatic carbocycles. The number of benzene rings is 6. The maximum Gasteiger partial charge on any atom is 0.252 e. The van der Waals surface area contributed by atoms with Crippen LogP contribution in [0.2, 0.25) is 0 Å². The first-order valence-electron chi connectivity index (χ1n) is 24.8. The van der Waals surface area contributed by atoms with Gasteiger partial charge in [-0.2, -0.15) is 0 Å². The third kappa shape index (κ3) is 5.44. The highest BCUT2D eigenvalue weighted by atomic mass is 15.2. The first-order valence-corrected chi connectivity index (χ1v) is 24.8. The van der Waals surface area contributed by atoms with E-state index >= 15 is 0 Å². The monoisotopic (exact) mass is 825 g/mol. The molecule has 4 bridgehead atoms. The Kier molecular flexibility index (Phi) is 7.82. The van der Waals surface area contributed by atoms with Crippen LogP contribution in [0.4, 0.5) is 34.1 Å².